The first-order valence-electron chi connectivity index (χ1n) is 8.79. The number of carbonyl (C=O) groups is 1. The van der Waals surface area contributed by atoms with Crippen LogP contribution in [0.3, 0.4) is 0 Å². The molecule has 0 atom stereocenters. The number of carbonyl (C=O) groups excluding carboxylic acids is 1. The van der Waals surface area contributed by atoms with Crippen molar-refractivity contribution in [3.63, 3.8) is 0 Å². The fraction of sp³-hybridized carbons (Fsp3) is 0.474. The van der Waals surface area contributed by atoms with Gasteiger partial charge in [0.2, 0.25) is 5.76 Å². The van der Waals surface area contributed by atoms with E-state index in [0.717, 1.165) is 11.1 Å². The van der Waals surface area contributed by atoms with Gasteiger partial charge in [0.1, 0.15) is 17.8 Å². The van der Waals surface area contributed by atoms with Gasteiger partial charge in [-0.15, -0.1) is 0 Å². The number of esters is 1. The van der Waals surface area contributed by atoms with Gasteiger partial charge in [0.05, 0.1) is 24.5 Å². The van der Waals surface area contributed by atoms with Gasteiger partial charge in [0.15, 0.2) is 0 Å². The molecule has 0 aromatic carbocycles. The molecule has 0 aliphatic carbocycles. The summed E-state index contributed by atoms with van der Waals surface area (Å²) in [6.07, 6.45) is 1.71. The molecule has 0 fully saturated rings. The normalized spacial score (nSPS) is 12.1. The molecule has 144 valence electrons. The number of ether oxygens (including phenoxy) is 1. The topological polar surface area (TPSA) is 92.2 Å². The van der Waals surface area contributed by atoms with Crippen LogP contribution in [0.2, 0.25) is 0 Å². The third-order valence-corrected chi connectivity index (χ3v) is 4.25. The van der Waals surface area contributed by atoms with Gasteiger partial charge < -0.3 is 9.15 Å². The van der Waals surface area contributed by atoms with Crippen LogP contribution in [-0.2, 0) is 16.8 Å². The minimum Gasteiger partial charge on any atom is -0.463 e. The maximum Gasteiger partial charge on any atom is 0.373 e. The fourth-order valence-electron chi connectivity index (χ4n) is 2.96. The lowest BCUT2D eigenvalue weighted by molar-refractivity contribution is 0.0562. The van der Waals surface area contributed by atoms with E-state index in [-0.39, 0.29) is 29.3 Å². The molecule has 8 heteroatoms. The van der Waals surface area contributed by atoms with Crippen molar-refractivity contribution in [3.05, 3.63) is 45.9 Å². The van der Waals surface area contributed by atoms with E-state index in [0.29, 0.717) is 11.3 Å². The van der Waals surface area contributed by atoms with Gasteiger partial charge in [0, 0.05) is 5.39 Å². The largest absolute Gasteiger partial charge is 0.463 e. The first kappa shape index (κ1) is 18.9. The molecule has 3 aromatic rings. The summed E-state index contributed by atoms with van der Waals surface area (Å²) in [5, 5.41) is 9.74. The van der Waals surface area contributed by atoms with Crippen LogP contribution in [0.1, 0.15) is 62.5 Å². The molecule has 0 bridgehead atoms. The van der Waals surface area contributed by atoms with Crippen molar-refractivity contribution in [2.75, 3.05) is 7.11 Å². The van der Waals surface area contributed by atoms with Gasteiger partial charge in [-0.2, -0.15) is 10.2 Å². The summed E-state index contributed by atoms with van der Waals surface area (Å²) >= 11 is 0. The van der Waals surface area contributed by atoms with Crippen molar-refractivity contribution in [2.45, 2.75) is 52.6 Å². The molecule has 0 aliphatic rings. The van der Waals surface area contributed by atoms with E-state index in [2.05, 4.69) is 14.9 Å². The van der Waals surface area contributed by atoms with E-state index in [1.165, 1.54) is 17.9 Å². The highest BCUT2D eigenvalue weighted by molar-refractivity contribution is 5.86. The smallest absolute Gasteiger partial charge is 0.373 e. The Balaban J connectivity index is 2.15. The molecule has 0 spiro atoms. The second-order valence-corrected chi connectivity index (χ2v) is 7.75. The second-order valence-electron chi connectivity index (χ2n) is 7.75. The molecule has 0 aliphatic heterocycles. The van der Waals surface area contributed by atoms with Crippen molar-refractivity contribution in [3.8, 4) is 0 Å². The Hall–Kier alpha value is -2.90. The molecule has 0 saturated heterocycles. The third kappa shape index (κ3) is 3.39. The lowest BCUT2D eigenvalue weighted by Crippen LogP contribution is -2.31. The van der Waals surface area contributed by atoms with E-state index in [4.69, 9.17) is 4.42 Å². The van der Waals surface area contributed by atoms with Crippen LogP contribution < -0.4 is 5.56 Å². The quantitative estimate of drug-likeness (QED) is 0.654. The maximum absolute atomic E-state index is 13.1. The molecule has 0 N–H and O–H groups in total. The monoisotopic (exact) mass is 372 g/mol. The number of furan rings is 1. The van der Waals surface area contributed by atoms with Crippen LogP contribution in [0.15, 0.2) is 27.5 Å². The zero-order chi connectivity index (χ0) is 19.9. The molecule has 3 rings (SSSR count). The summed E-state index contributed by atoms with van der Waals surface area (Å²) in [7, 11) is 1.28. The van der Waals surface area contributed by atoms with Gasteiger partial charge in [-0.05, 0) is 38.8 Å². The van der Waals surface area contributed by atoms with Crippen molar-refractivity contribution in [1.29, 1.82) is 0 Å². The molecule has 8 nitrogen and oxygen atoms in total. The summed E-state index contributed by atoms with van der Waals surface area (Å²) in [4.78, 5) is 24.7. The Labute approximate surface area is 156 Å². The Morgan fingerprint density at radius 3 is 2.59 bits per heavy atom. The lowest BCUT2D eigenvalue weighted by Gasteiger charge is -2.20. The number of rotatable bonds is 4. The average Bonchev–Trinajstić information content (AvgIpc) is 3.23. The minimum atomic E-state index is -0.564. The van der Waals surface area contributed by atoms with Gasteiger partial charge >= 0.3 is 5.97 Å². The molecule has 0 radical (unpaired) electrons. The van der Waals surface area contributed by atoms with Crippen LogP contribution >= 0.6 is 0 Å². The van der Waals surface area contributed by atoms with Crippen molar-refractivity contribution < 1.29 is 13.9 Å². The molecule has 0 saturated carbocycles. The average molecular weight is 372 g/mol. The highest BCUT2D eigenvalue weighted by Crippen LogP contribution is 2.25. The number of nitrogens with zero attached hydrogens (tertiary/aromatic N) is 4. The number of fused-ring (bicyclic) bond motifs is 1. The van der Waals surface area contributed by atoms with Gasteiger partial charge in [-0.1, -0.05) is 13.8 Å². The highest BCUT2D eigenvalue weighted by atomic mass is 16.5. The van der Waals surface area contributed by atoms with Crippen LogP contribution in [0, 0.1) is 0 Å². The summed E-state index contributed by atoms with van der Waals surface area (Å²) in [5.41, 5.74) is 0.704. The molecule has 3 aromatic heterocycles. The Morgan fingerprint density at radius 1 is 1.30 bits per heavy atom. The summed E-state index contributed by atoms with van der Waals surface area (Å²) in [6, 6.07) is 3.16. The lowest BCUT2D eigenvalue weighted by atomic mass is 10.1. The summed E-state index contributed by atoms with van der Waals surface area (Å²) in [5.74, 6) is 0.0798. The van der Waals surface area contributed by atoms with Crippen LogP contribution in [0.5, 0.6) is 0 Å². The fourth-order valence-corrected chi connectivity index (χ4v) is 2.96. The second kappa shape index (κ2) is 6.68. The maximum atomic E-state index is 13.1. The molecular weight excluding hydrogens is 348 g/mol. The standard InChI is InChI=1S/C19H24N4O4/c1-11(2)15-13-9-20-23(19(3,4)5)16(13)17(24)22(21-15)10-12-7-8-14(27-12)18(25)26-6/h7-9,11H,10H2,1-6H3. The van der Waals surface area contributed by atoms with Gasteiger partial charge in [0.25, 0.3) is 5.56 Å². The number of hydrogen-bond donors (Lipinski definition) is 0. The number of methoxy groups -OCH3 is 1. The van der Waals surface area contributed by atoms with Crippen LogP contribution in [0.25, 0.3) is 10.9 Å². The van der Waals surface area contributed by atoms with Gasteiger partial charge in [-0.3, -0.25) is 9.48 Å². The Morgan fingerprint density at radius 2 is 2.00 bits per heavy atom. The molecule has 0 amide bonds. The zero-order valence-corrected chi connectivity index (χ0v) is 16.4. The predicted octanol–water partition coefficient (Wildman–Crippen LogP) is 2.90. The zero-order valence-electron chi connectivity index (χ0n) is 16.4. The number of aromatic nitrogens is 4. The molecule has 0 unspecified atom stereocenters. The number of hydrogen-bond acceptors (Lipinski definition) is 6. The molecule has 27 heavy (non-hydrogen) atoms. The van der Waals surface area contributed by atoms with E-state index in [1.807, 2.05) is 34.6 Å². The van der Waals surface area contributed by atoms with E-state index in [9.17, 15) is 9.59 Å². The van der Waals surface area contributed by atoms with Crippen molar-refractivity contribution in [2.24, 2.45) is 0 Å². The first-order chi connectivity index (χ1) is 12.6. The Kier molecular flexibility index (Phi) is 4.67. The molecular formula is C19H24N4O4. The van der Waals surface area contributed by atoms with Crippen molar-refractivity contribution >= 4 is 16.9 Å². The third-order valence-electron chi connectivity index (χ3n) is 4.25. The highest BCUT2D eigenvalue weighted by Gasteiger charge is 2.24. The summed E-state index contributed by atoms with van der Waals surface area (Å²) < 4.78 is 13.2. The van der Waals surface area contributed by atoms with Crippen LogP contribution in [-0.4, -0.2) is 32.6 Å². The molecule has 3 heterocycles. The van der Waals surface area contributed by atoms with Crippen LogP contribution in [0.4, 0.5) is 0 Å². The van der Waals surface area contributed by atoms with E-state index < -0.39 is 5.97 Å². The SMILES string of the molecule is COC(=O)c1ccc(Cn2nc(C(C)C)c3cnn(C(C)(C)C)c3c2=O)o1. The van der Waals surface area contributed by atoms with Crippen molar-refractivity contribution in [1.82, 2.24) is 19.6 Å². The Bertz CT molecular complexity index is 1050. The van der Waals surface area contributed by atoms with E-state index >= 15 is 0 Å². The predicted molar refractivity (Wildman–Crippen MR) is 100 cm³/mol. The van der Waals surface area contributed by atoms with E-state index in [1.54, 1.807) is 16.9 Å². The minimum absolute atomic E-state index is 0.0884. The van der Waals surface area contributed by atoms with Gasteiger partial charge in [-0.25, -0.2) is 9.48 Å². The summed E-state index contributed by atoms with van der Waals surface area (Å²) in [6.45, 7) is 10.1. The first-order valence-corrected chi connectivity index (χ1v) is 8.79.